The van der Waals surface area contributed by atoms with Gasteiger partial charge in [0.05, 0.1) is 12.6 Å². The first-order valence-electron chi connectivity index (χ1n) is 6.89. The normalized spacial score (nSPS) is 13.3. The largest absolute Gasteiger partial charge is 0.350 e. The summed E-state index contributed by atoms with van der Waals surface area (Å²) in [6.07, 6.45) is 4.84. The Morgan fingerprint density at radius 2 is 2.16 bits per heavy atom. The number of amides is 1. The smallest absolute Gasteiger partial charge is 0.237 e. The number of nitrogens with one attached hydrogen (secondary N) is 2. The Morgan fingerprint density at radius 1 is 1.47 bits per heavy atom. The molecular formula is C14H26N4O. The number of hydrogen-bond donors (Lipinski definition) is 2. The number of hydrogen-bond acceptors (Lipinski definition) is 3. The molecule has 1 aromatic heterocycles. The molecule has 2 N–H and O–H groups in total. The van der Waals surface area contributed by atoms with Crippen molar-refractivity contribution in [1.29, 1.82) is 0 Å². The Labute approximate surface area is 115 Å². The molecule has 19 heavy (non-hydrogen) atoms. The monoisotopic (exact) mass is 266 g/mol. The van der Waals surface area contributed by atoms with Crippen LogP contribution in [0.15, 0.2) is 12.4 Å². The van der Waals surface area contributed by atoms with Gasteiger partial charge in [-0.2, -0.15) is 0 Å². The fourth-order valence-electron chi connectivity index (χ4n) is 1.77. The van der Waals surface area contributed by atoms with E-state index in [1.165, 1.54) is 0 Å². The molecule has 5 heteroatoms. The Hall–Kier alpha value is -1.36. The minimum atomic E-state index is -0.231. The van der Waals surface area contributed by atoms with Crippen molar-refractivity contribution in [1.82, 2.24) is 20.2 Å². The molecule has 1 atom stereocenters. The van der Waals surface area contributed by atoms with Gasteiger partial charge in [0.2, 0.25) is 5.91 Å². The van der Waals surface area contributed by atoms with E-state index < -0.39 is 0 Å². The topological polar surface area (TPSA) is 59.0 Å². The second kappa shape index (κ2) is 6.70. The molecule has 0 fully saturated rings. The van der Waals surface area contributed by atoms with Crippen LogP contribution in [0.2, 0.25) is 0 Å². The summed E-state index contributed by atoms with van der Waals surface area (Å²) in [5.41, 5.74) is -0.201. The van der Waals surface area contributed by atoms with Crippen LogP contribution in [0, 0.1) is 0 Å². The van der Waals surface area contributed by atoms with Crippen molar-refractivity contribution in [2.45, 2.75) is 65.7 Å². The van der Waals surface area contributed by atoms with Gasteiger partial charge in [-0.25, -0.2) is 4.98 Å². The summed E-state index contributed by atoms with van der Waals surface area (Å²) in [6, 6.07) is -0.231. The lowest BCUT2D eigenvalue weighted by Gasteiger charge is -2.23. The highest BCUT2D eigenvalue weighted by Crippen LogP contribution is 2.02. The maximum atomic E-state index is 11.9. The molecule has 108 valence electrons. The van der Waals surface area contributed by atoms with Gasteiger partial charge in [0.1, 0.15) is 5.82 Å². The standard InChI is InChI=1S/C14H26N4O/c1-6-8-18-9-7-15-12(18)10-16-11(2)13(19)17-14(3,4)5/h7,9,11,16H,6,8,10H2,1-5H3,(H,17,19). The van der Waals surface area contributed by atoms with E-state index in [0.29, 0.717) is 6.54 Å². The van der Waals surface area contributed by atoms with Crippen LogP contribution in [0.3, 0.4) is 0 Å². The van der Waals surface area contributed by atoms with Gasteiger partial charge in [0.15, 0.2) is 0 Å². The number of nitrogens with zero attached hydrogens (tertiary/aromatic N) is 2. The molecule has 1 aromatic rings. The molecule has 1 heterocycles. The lowest BCUT2D eigenvalue weighted by molar-refractivity contribution is -0.124. The lowest BCUT2D eigenvalue weighted by Crippen LogP contribution is -2.49. The Morgan fingerprint density at radius 3 is 2.74 bits per heavy atom. The van der Waals surface area contributed by atoms with Gasteiger partial charge in [0.25, 0.3) is 0 Å². The minimum absolute atomic E-state index is 0.0149. The first-order chi connectivity index (χ1) is 8.83. The van der Waals surface area contributed by atoms with Crippen LogP contribution in [0.5, 0.6) is 0 Å². The first-order valence-corrected chi connectivity index (χ1v) is 6.89. The van der Waals surface area contributed by atoms with Crippen molar-refractivity contribution in [3.05, 3.63) is 18.2 Å². The number of carbonyl (C=O) groups excluding carboxylic acids is 1. The molecule has 0 saturated heterocycles. The van der Waals surface area contributed by atoms with Crippen molar-refractivity contribution in [2.24, 2.45) is 0 Å². The van der Waals surface area contributed by atoms with E-state index in [-0.39, 0.29) is 17.5 Å². The van der Waals surface area contributed by atoms with Gasteiger partial charge in [0, 0.05) is 24.5 Å². The molecule has 0 saturated carbocycles. The van der Waals surface area contributed by atoms with Gasteiger partial charge >= 0.3 is 0 Å². The van der Waals surface area contributed by atoms with E-state index in [1.54, 1.807) is 6.20 Å². The lowest BCUT2D eigenvalue weighted by atomic mass is 10.1. The molecular weight excluding hydrogens is 240 g/mol. The predicted octanol–water partition coefficient (Wildman–Crippen LogP) is 1.69. The summed E-state index contributed by atoms with van der Waals surface area (Å²) < 4.78 is 2.11. The number of imidazole rings is 1. The van der Waals surface area contributed by atoms with Gasteiger partial charge in [-0.1, -0.05) is 6.92 Å². The Balaban J connectivity index is 2.47. The first kappa shape index (κ1) is 15.7. The molecule has 1 amide bonds. The summed E-state index contributed by atoms with van der Waals surface area (Å²) in [5.74, 6) is 0.985. The molecule has 0 spiro atoms. The quantitative estimate of drug-likeness (QED) is 0.823. The number of aromatic nitrogens is 2. The third-order valence-electron chi connectivity index (χ3n) is 2.72. The highest BCUT2D eigenvalue weighted by Gasteiger charge is 2.19. The third kappa shape index (κ3) is 5.42. The van der Waals surface area contributed by atoms with Crippen LogP contribution in [-0.2, 0) is 17.9 Å². The van der Waals surface area contributed by atoms with Gasteiger partial charge < -0.3 is 9.88 Å². The maximum absolute atomic E-state index is 11.9. The van der Waals surface area contributed by atoms with E-state index >= 15 is 0 Å². The van der Waals surface area contributed by atoms with Crippen molar-refractivity contribution in [2.75, 3.05) is 0 Å². The van der Waals surface area contributed by atoms with Gasteiger partial charge in [-0.3, -0.25) is 10.1 Å². The zero-order valence-corrected chi connectivity index (χ0v) is 12.7. The molecule has 0 aliphatic heterocycles. The number of rotatable bonds is 6. The van der Waals surface area contributed by atoms with E-state index in [1.807, 2.05) is 33.9 Å². The Bertz CT molecular complexity index is 406. The molecule has 0 aliphatic rings. The molecule has 0 aliphatic carbocycles. The SMILES string of the molecule is CCCn1ccnc1CNC(C)C(=O)NC(C)(C)C. The summed E-state index contributed by atoms with van der Waals surface area (Å²) in [5, 5.41) is 6.17. The molecule has 0 aromatic carbocycles. The van der Waals surface area contributed by atoms with Crippen LogP contribution in [0.25, 0.3) is 0 Å². The Kier molecular flexibility index (Phi) is 5.54. The molecule has 1 unspecified atom stereocenters. The number of aryl methyl sites for hydroxylation is 1. The van der Waals surface area contributed by atoms with Gasteiger partial charge in [-0.05, 0) is 34.1 Å². The van der Waals surface area contributed by atoms with E-state index in [4.69, 9.17) is 0 Å². The van der Waals surface area contributed by atoms with Crippen molar-refractivity contribution < 1.29 is 4.79 Å². The molecule has 0 bridgehead atoms. The van der Waals surface area contributed by atoms with Crippen LogP contribution in [0.4, 0.5) is 0 Å². The molecule has 0 radical (unpaired) electrons. The average molecular weight is 266 g/mol. The van der Waals surface area contributed by atoms with Crippen molar-refractivity contribution in [3.63, 3.8) is 0 Å². The van der Waals surface area contributed by atoms with Crippen molar-refractivity contribution in [3.8, 4) is 0 Å². The fourth-order valence-corrected chi connectivity index (χ4v) is 1.77. The second-order valence-electron chi connectivity index (χ2n) is 5.88. The van der Waals surface area contributed by atoms with Crippen LogP contribution >= 0.6 is 0 Å². The predicted molar refractivity (Wildman–Crippen MR) is 76.7 cm³/mol. The summed E-state index contributed by atoms with van der Waals surface area (Å²) in [6.45, 7) is 11.5. The van der Waals surface area contributed by atoms with E-state index in [2.05, 4.69) is 27.1 Å². The van der Waals surface area contributed by atoms with Crippen molar-refractivity contribution >= 4 is 5.91 Å². The highest BCUT2D eigenvalue weighted by molar-refractivity contribution is 5.81. The summed E-state index contributed by atoms with van der Waals surface area (Å²) >= 11 is 0. The minimum Gasteiger partial charge on any atom is -0.350 e. The maximum Gasteiger partial charge on any atom is 0.237 e. The van der Waals surface area contributed by atoms with Crippen LogP contribution < -0.4 is 10.6 Å². The zero-order chi connectivity index (χ0) is 14.5. The second-order valence-corrected chi connectivity index (χ2v) is 5.88. The van der Waals surface area contributed by atoms with Crippen LogP contribution in [-0.4, -0.2) is 27.0 Å². The summed E-state index contributed by atoms with van der Waals surface area (Å²) in [4.78, 5) is 16.2. The number of carbonyl (C=O) groups is 1. The van der Waals surface area contributed by atoms with E-state index in [0.717, 1.165) is 18.8 Å². The zero-order valence-electron chi connectivity index (χ0n) is 12.7. The van der Waals surface area contributed by atoms with E-state index in [9.17, 15) is 4.79 Å². The fraction of sp³-hybridized carbons (Fsp3) is 0.714. The third-order valence-corrected chi connectivity index (χ3v) is 2.72. The molecule has 1 rings (SSSR count). The highest BCUT2D eigenvalue weighted by atomic mass is 16.2. The van der Waals surface area contributed by atoms with Gasteiger partial charge in [-0.15, -0.1) is 0 Å². The average Bonchev–Trinajstić information content (AvgIpc) is 2.71. The van der Waals surface area contributed by atoms with Crippen LogP contribution in [0.1, 0.15) is 46.9 Å². The summed E-state index contributed by atoms with van der Waals surface area (Å²) in [7, 11) is 0. The molecule has 5 nitrogen and oxygen atoms in total.